The van der Waals surface area contributed by atoms with E-state index in [9.17, 15) is 9.59 Å². The van der Waals surface area contributed by atoms with Gasteiger partial charge in [0, 0.05) is 6.61 Å². The van der Waals surface area contributed by atoms with Gasteiger partial charge in [0.25, 0.3) is 0 Å². The predicted octanol–water partition coefficient (Wildman–Crippen LogP) is 26.8. The van der Waals surface area contributed by atoms with Crippen LogP contribution in [-0.2, 0) is 14.3 Å². The number of aliphatic hydroxyl groups is 1. The van der Waals surface area contributed by atoms with E-state index in [-0.39, 0.29) is 17.8 Å². The summed E-state index contributed by atoms with van der Waals surface area (Å²) in [5.41, 5.74) is 0. The third kappa shape index (κ3) is 76.3. The average molecular weight is 1280 g/mol. The Morgan fingerprint density at radius 1 is 0.269 bits per heavy atom. The van der Waals surface area contributed by atoms with Crippen molar-refractivity contribution in [3.05, 3.63) is 243 Å². The molecule has 520 valence electrons. The molecule has 0 aliphatic carbocycles. The summed E-state index contributed by atoms with van der Waals surface area (Å²) >= 11 is 0. The van der Waals surface area contributed by atoms with Gasteiger partial charge < -0.3 is 14.9 Å². The fraction of sp³-hybridized carbons (Fsp3) is 0.523. The molecular weight excluding hydrogens is 1140 g/mol. The van der Waals surface area contributed by atoms with E-state index in [0.29, 0.717) is 31.5 Å². The molecule has 5 nitrogen and oxygen atoms in total. The van der Waals surface area contributed by atoms with Gasteiger partial charge in [-0.3, -0.25) is 9.59 Å². The molecule has 0 aromatic carbocycles. The van der Waals surface area contributed by atoms with Crippen LogP contribution < -0.4 is 0 Å². The van der Waals surface area contributed by atoms with Crippen molar-refractivity contribution in [1.82, 2.24) is 0 Å². The van der Waals surface area contributed by atoms with Gasteiger partial charge >= 0.3 is 11.9 Å². The Hall–Kier alpha value is -6.30. The van der Waals surface area contributed by atoms with E-state index in [1.165, 1.54) is 0 Å². The Morgan fingerprint density at radius 2 is 0.473 bits per heavy atom. The molecule has 0 saturated heterocycles. The maximum Gasteiger partial charge on any atom is 0.308 e. The molecule has 0 aromatic heterocycles. The molecule has 0 bridgehead atoms. The molecule has 93 heavy (non-hydrogen) atoms. The number of carbonyl (C=O) groups is 2. The summed E-state index contributed by atoms with van der Waals surface area (Å²) in [5.74, 6) is -0.0166. The minimum Gasteiger partial charge on any atom is -0.481 e. The first-order valence-electron chi connectivity index (χ1n) is 36.8. The van der Waals surface area contributed by atoms with E-state index >= 15 is 0 Å². The SMILES string of the molecule is CC/C=C\C/C=C\C/C=C\C/C=C\C/C=C\CCC(CC)C(=O)O.CC/C=C\C/C=C\C/C=C\C/C=C\C/C=C\CCC(CC)CO.CC/C=C\C/C=C\C/C=C\C/C=C\C/C=C\CCC(CC)COC(=O)C(CC)CC/C=C\C/C=C\C/C=C\C/C=C\C/C=C\CC. The van der Waals surface area contributed by atoms with Crippen LogP contribution in [0.3, 0.4) is 0 Å². The second-order valence-corrected chi connectivity index (χ2v) is 23.1. The van der Waals surface area contributed by atoms with E-state index in [4.69, 9.17) is 14.9 Å². The van der Waals surface area contributed by atoms with Crippen LogP contribution in [0.15, 0.2) is 243 Å². The van der Waals surface area contributed by atoms with Crippen LogP contribution in [0, 0.1) is 23.7 Å². The molecule has 4 unspecified atom stereocenters. The number of carboxylic acids is 1. The van der Waals surface area contributed by atoms with Gasteiger partial charge in [-0.05, 0) is 204 Å². The Bertz CT molecular complexity index is 2260. The zero-order valence-electron chi connectivity index (χ0n) is 60.6. The summed E-state index contributed by atoms with van der Waals surface area (Å²) in [6.07, 6.45) is 120. The molecule has 0 amide bonds. The number of ether oxygens (including phenoxy) is 1. The minimum absolute atomic E-state index is 0.00878. The number of esters is 1. The summed E-state index contributed by atoms with van der Waals surface area (Å²) in [5, 5.41) is 18.1. The van der Waals surface area contributed by atoms with Gasteiger partial charge in [0.2, 0.25) is 0 Å². The quantitative estimate of drug-likeness (QED) is 0.0468. The van der Waals surface area contributed by atoms with Gasteiger partial charge in [-0.1, -0.05) is 311 Å². The lowest BCUT2D eigenvalue weighted by Gasteiger charge is -2.17. The molecule has 0 radical (unpaired) electrons. The van der Waals surface area contributed by atoms with Crippen molar-refractivity contribution in [1.29, 1.82) is 0 Å². The van der Waals surface area contributed by atoms with Crippen molar-refractivity contribution in [2.75, 3.05) is 13.2 Å². The molecule has 0 fully saturated rings. The smallest absolute Gasteiger partial charge is 0.308 e. The molecular formula is C88H138O5. The summed E-state index contributed by atoms with van der Waals surface area (Å²) < 4.78 is 5.77. The molecule has 2 N–H and O–H groups in total. The topological polar surface area (TPSA) is 83.8 Å². The molecule has 4 atom stereocenters. The number of rotatable bonds is 57. The van der Waals surface area contributed by atoms with Crippen molar-refractivity contribution in [3.8, 4) is 0 Å². The summed E-state index contributed by atoms with van der Waals surface area (Å²) in [6.45, 7) is 17.8. The monoisotopic (exact) mass is 1280 g/mol. The van der Waals surface area contributed by atoms with Crippen molar-refractivity contribution >= 4 is 11.9 Å². The van der Waals surface area contributed by atoms with Gasteiger partial charge in [-0.15, -0.1) is 0 Å². The second-order valence-electron chi connectivity index (χ2n) is 23.1. The van der Waals surface area contributed by atoms with E-state index in [0.717, 1.165) is 199 Å². The lowest BCUT2D eigenvalue weighted by Crippen LogP contribution is -2.20. The highest BCUT2D eigenvalue weighted by Crippen LogP contribution is 2.18. The van der Waals surface area contributed by atoms with Gasteiger partial charge in [0.1, 0.15) is 0 Å². The van der Waals surface area contributed by atoms with Crippen LogP contribution in [0.4, 0.5) is 0 Å². The molecule has 0 heterocycles. The van der Waals surface area contributed by atoms with E-state index in [1.807, 2.05) is 6.92 Å². The second kappa shape index (κ2) is 81.8. The van der Waals surface area contributed by atoms with Gasteiger partial charge in [-0.25, -0.2) is 0 Å². The number of aliphatic hydroxyl groups excluding tert-OH is 1. The zero-order chi connectivity index (χ0) is 68.5. The number of aliphatic carboxylic acids is 1. The molecule has 5 heteroatoms. The van der Waals surface area contributed by atoms with Crippen LogP contribution in [0.2, 0.25) is 0 Å². The first-order chi connectivity index (χ1) is 45.8. The largest absolute Gasteiger partial charge is 0.481 e. The lowest BCUT2D eigenvalue weighted by atomic mass is 9.99. The Labute approximate surface area is 574 Å². The first kappa shape index (κ1) is 90.9. The summed E-state index contributed by atoms with van der Waals surface area (Å²) in [6, 6.07) is 0. The molecule has 0 saturated carbocycles. The van der Waals surface area contributed by atoms with Crippen LogP contribution in [0.1, 0.15) is 261 Å². The highest BCUT2D eigenvalue weighted by molar-refractivity contribution is 5.72. The fourth-order valence-corrected chi connectivity index (χ4v) is 8.87. The first-order valence-corrected chi connectivity index (χ1v) is 36.8. The standard InChI is InChI=1S/C44H68O2.C22H34O2.C22H36O/c1-5-9-11-13-15-17-19-21-23-25-27-29-31-33-35-37-39-42(7-3)41-46-44(45)43(8-4)40-38-36-34-32-30-28-26-24-22-20-18-16-14-12-10-6-2;1-3-5-6-7-8-9-10-11-12-13-14-15-16-17-18-19-20-21(4-2)22(23)24;1-3-5-6-7-8-9-10-11-12-13-14-15-16-17-18-19-20-22(4-2)21-23/h9-12,15-18,21-24,27-30,33-36,42-43H,5-8,13-14,19-20,25-26,31-32,37-41H2,1-4H3;5-6,8-9,11-12,14-15,17-18,21H,3-4,7,10,13,16,19-20H2,1-2H3,(H,23,24);5-6,8-9,11-12,14-15,17-18,22-23H,3-4,7,10,13,16,19-21H2,1-2H3/b11-9-,12-10-,17-15-,18-16-,23-21-,24-22-,29-27-,30-28-,35-33-,36-34-;2*6-5-,9-8-,12-11-,15-14-,18-17-. The number of hydrogen-bond donors (Lipinski definition) is 2. The maximum absolute atomic E-state index is 12.7. The third-order valence-electron chi connectivity index (χ3n) is 15.0. The van der Waals surface area contributed by atoms with Gasteiger partial charge in [-0.2, -0.15) is 0 Å². The van der Waals surface area contributed by atoms with Crippen LogP contribution in [-0.4, -0.2) is 35.4 Å². The minimum atomic E-state index is -0.676. The number of allylic oxidation sites excluding steroid dienone is 40. The molecule has 0 spiro atoms. The molecule has 0 aromatic rings. The van der Waals surface area contributed by atoms with Gasteiger partial charge in [0.15, 0.2) is 0 Å². The van der Waals surface area contributed by atoms with Crippen LogP contribution >= 0.6 is 0 Å². The summed E-state index contributed by atoms with van der Waals surface area (Å²) in [4.78, 5) is 23.6. The van der Waals surface area contributed by atoms with Crippen molar-refractivity contribution in [2.45, 2.75) is 261 Å². The lowest BCUT2D eigenvalue weighted by molar-refractivity contribution is -0.150. The Morgan fingerprint density at radius 3 is 0.677 bits per heavy atom. The number of carboxylic acid groups (broad SMARTS) is 1. The summed E-state index contributed by atoms with van der Waals surface area (Å²) in [7, 11) is 0. The zero-order valence-corrected chi connectivity index (χ0v) is 60.6. The van der Waals surface area contributed by atoms with E-state index in [2.05, 4.69) is 292 Å². The van der Waals surface area contributed by atoms with Crippen molar-refractivity contribution in [3.63, 3.8) is 0 Å². The highest BCUT2D eigenvalue weighted by Gasteiger charge is 2.19. The number of hydrogen-bond acceptors (Lipinski definition) is 4. The van der Waals surface area contributed by atoms with E-state index < -0.39 is 5.97 Å². The predicted molar refractivity (Wildman–Crippen MR) is 416 cm³/mol. The molecule has 0 rings (SSSR count). The Kier molecular flexibility index (Phi) is 79.9. The van der Waals surface area contributed by atoms with Crippen molar-refractivity contribution in [2.24, 2.45) is 23.7 Å². The highest BCUT2D eigenvalue weighted by atomic mass is 16.5. The fourth-order valence-electron chi connectivity index (χ4n) is 8.87. The van der Waals surface area contributed by atoms with Gasteiger partial charge in [0.05, 0.1) is 18.4 Å². The molecule has 0 aliphatic heterocycles. The van der Waals surface area contributed by atoms with Crippen LogP contribution in [0.25, 0.3) is 0 Å². The third-order valence-corrected chi connectivity index (χ3v) is 15.0. The Balaban J connectivity index is -0.00000144. The van der Waals surface area contributed by atoms with Crippen LogP contribution in [0.5, 0.6) is 0 Å². The normalized spacial score (nSPS) is 14.4. The van der Waals surface area contributed by atoms with Crippen molar-refractivity contribution < 1.29 is 24.5 Å². The average Bonchev–Trinajstić information content (AvgIpc) is 3.79. The number of carbonyl (C=O) groups excluding carboxylic acids is 1. The molecule has 0 aliphatic rings. The van der Waals surface area contributed by atoms with E-state index in [1.54, 1.807) is 0 Å². The maximum atomic E-state index is 12.7.